The molecule has 338 valence electrons. The first-order valence-corrected chi connectivity index (χ1v) is 25.4. The monoisotopic (exact) mass is 807 g/mol. The van der Waals surface area contributed by atoms with Gasteiger partial charge in [-0.25, -0.2) is 0 Å². The van der Waals surface area contributed by atoms with E-state index >= 15 is 0 Å². The Bertz CT molecular complexity index is 857. The predicted molar refractivity (Wildman–Crippen MR) is 243 cm³/mol. The molecule has 0 aromatic carbocycles. The third-order valence-electron chi connectivity index (χ3n) is 11.5. The minimum absolute atomic E-state index is 0.0640. The molecular formula is C51H98O6. The van der Waals surface area contributed by atoms with E-state index in [9.17, 15) is 14.4 Å². The molecular weight excluding hydrogens is 709 g/mol. The van der Waals surface area contributed by atoms with Gasteiger partial charge >= 0.3 is 17.9 Å². The molecule has 0 aliphatic rings. The van der Waals surface area contributed by atoms with Gasteiger partial charge in [-0.05, 0) is 25.2 Å². The highest BCUT2D eigenvalue weighted by Crippen LogP contribution is 2.17. The van der Waals surface area contributed by atoms with E-state index < -0.39 is 6.10 Å². The number of unbranched alkanes of at least 4 members (excludes halogenated alkanes) is 33. The summed E-state index contributed by atoms with van der Waals surface area (Å²) in [6.45, 7) is 8.96. The fourth-order valence-electron chi connectivity index (χ4n) is 7.69. The molecule has 0 heterocycles. The molecule has 0 aromatic rings. The fourth-order valence-corrected chi connectivity index (χ4v) is 7.69. The Hall–Kier alpha value is -1.59. The van der Waals surface area contributed by atoms with Crippen molar-refractivity contribution in [1.29, 1.82) is 0 Å². The zero-order chi connectivity index (χ0) is 41.7. The van der Waals surface area contributed by atoms with Gasteiger partial charge in [-0.15, -0.1) is 0 Å². The predicted octanol–water partition coefficient (Wildman–Crippen LogP) is 16.3. The summed E-state index contributed by atoms with van der Waals surface area (Å²) in [6, 6.07) is 0. The standard InChI is InChI=1S/C51H98O6/c1-5-7-9-11-12-13-14-15-16-17-18-23-26-29-32-36-40-44-51(54)57-48(45-55-49(52)42-38-33-10-8-6-2)46-56-50(53)43-39-35-31-28-25-22-20-19-21-24-27-30-34-37-41-47(3)4/h47-48H,5-46H2,1-4H3/t48-/m1/s1. The second-order valence-electron chi connectivity index (χ2n) is 17.9. The lowest BCUT2D eigenvalue weighted by Gasteiger charge is -2.18. The van der Waals surface area contributed by atoms with E-state index in [1.165, 1.54) is 173 Å². The van der Waals surface area contributed by atoms with Gasteiger partial charge in [-0.2, -0.15) is 0 Å². The molecule has 57 heavy (non-hydrogen) atoms. The van der Waals surface area contributed by atoms with Crippen LogP contribution in [0.1, 0.15) is 285 Å². The van der Waals surface area contributed by atoms with Crippen LogP contribution in [0.25, 0.3) is 0 Å². The van der Waals surface area contributed by atoms with Crippen molar-refractivity contribution in [3.8, 4) is 0 Å². The molecule has 0 aromatic heterocycles. The van der Waals surface area contributed by atoms with E-state index in [-0.39, 0.29) is 31.1 Å². The molecule has 0 unspecified atom stereocenters. The largest absolute Gasteiger partial charge is 0.462 e. The van der Waals surface area contributed by atoms with E-state index in [0.29, 0.717) is 19.3 Å². The Morgan fingerprint density at radius 2 is 0.579 bits per heavy atom. The Kier molecular flexibility index (Phi) is 44.2. The summed E-state index contributed by atoms with van der Waals surface area (Å²) in [4.78, 5) is 37.6. The lowest BCUT2D eigenvalue weighted by molar-refractivity contribution is -0.167. The molecule has 1 atom stereocenters. The SMILES string of the molecule is CCCCCCCCCCCCCCCCCCCC(=O)O[C@H](COC(=O)CCCCCCC)COC(=O)CCCCCCCCCCCCCCCCC(C)C. The second-order valence-corrected chi connectivity index (χ2v) is 17.9. The molecule has 0 spiro atoms. The summed E-state index contributed by atoms with van der Waals surface area (Å²) in [5.41, 5.74) is 0. The zero-order valence-corrected chi connectivity index (χ0v) is 38.8. The van der Waals surface area contributed by atoms with E-state index in [2.05, 4.69) is 27.7 Å². The van der Waals surface area contributed by atoms with E-state index in [0.717, 1.165) is 70.1 Å². The third kappa shape index (κ3) is 45.3. The van der Waals surface area contributed by atoms with Crippen molar-refractivity contribution >= 4 is 17.9 Å². The van der Waals surface area contributed by atoms with Gasteiger partial charge in [0.05, 0.1) is 0 Å². The molecule has 6 nitrogen and oxygen atoms in total. The van der Waals surface area contributed by atoms with E-state index in [4.69, 9.17) is 14.2 Å². The van der Waals surface area contributed by atoms with Crippen LogP contribution in [-0.2, 0) is 28.6 Å². The van der Waals surface area contributed by atoms with Gasteiger partial charge in [0.1, 0.15) is 13.2 Å². The highest BCUT2D eigenvalue weighted by Gasteiger charge is 2.19. The highest BCUT2D eigenvalue weighted by atomic mass is 16.6. The smallest absolute Gasteiger partial charge is 0.306 e. The molecule has 0 saturated heterocycles. The maximum Gasteiger partial charge on any atom is 0.306 e. The topological polar surface area (TPSA) is 78.9 Å². The quantitative estimate of drug-likeness (QED) is 0.0346. The van der Waals surface area contributed by atoms with Gasteiger partial charge in [-0.3, -0.25) is 14.4 Å². The third-order valence-corrected chi connectivity index (χ3v) is 11.5. The summed E-state index contributed by atoms with van der Waals surface area (Å²) in [7, 11) is 0. The molecule has 6 heteroatoms. The number of rotatable bonds is 46. The van der Waals surface area contributed by atoms with Crippen LogP contribution >= 0.6 is 0 Å². The molecule has 0 aliphatic heterocycles. The Balaban J connectivity index is 4.11. The summed E-state index contributed by atoms with van der Waals surface area (Å²) >= 11 is 0. The number of carbonyl (C=O) groups is 3. The summed E-state index contributed by atoms with van der Waals surface area (Å²) in [5, 5.41) is 0. The van der Waals surface area contributed by atoms with Gasteiger partial charge in [0.2, 0.25) is 0 Å². The summed E-state index contributed by atoms with van der Waals surface area (Å²) < 4.78 is 16.7. The van der Waals surface area contributed by atoms with Crippen molar-refractivity contribution in [2.45, 2.75) is 291 Å². The van der Waals surface area contributed by atoms with E-state index in [1.807, 2.05) is 0 Å². The Morgan fingerprint density at radius 1 is 0.333 bits per heavy atom. The van der Waals surface area contributed by atoms with Crippen molar-refractivity contribution in [3.63, 3.8) is 0 Å². The molecule has 0 rings (SSSR count). The van der Waals surface area contributed by atoms with Crippen molar-refractivity contribution in [2.75, 3.05) is 13.2 Å². The lowest BCUT2D eigenvalue weighted by Crippen LogP contribution is -2.30. The van der Waals surface area contributed by atoms with Crippen LogP contribution in [0.2, 0.25) is 0 Å². The molecule has 0 fully saturated rings. The first kappa shape index (κ1) is 55.4. The summed E-state index contributed by atoms with van der Waals surface area (Å²) in [6.07, 6.45) is 46.9. The van der Waals surface area contributed by atoms with Crippen LogP contribution in [0.15, 0.2) is 0 Å². The van der Waals surface area contributed by atoms with Crippen LogP contribution in [0.3, 0.4) is 0 Å². The average Bonchev–Trinajstić information content (AvgIpc) is 3.19. The zero-order valence-electron chi connectivity index (χ0n) is 38.8. The summed E-state index contributed by atoms with van der Waals surface area (Å²) in [5.74, 6) is -0.0154. The van der Waals surface area contributed by atoms with Gasteiger partial charge in [0, 0.05) is 19.3 Å². The van der Waals surface area contributed by atoms with Crippen LogP contribution in [0.5, 0.6) is 0 Å². The van der Waals surface area contributed by atoms with Crippen molar-refractivity contribution < 1.29 is 28.6 Å². The first-order valence-electron chi connectivity index (χ1n) is 25.4. The number of hydrogen-bond donors (Lipinski definition) is 0. The van der Waals surface area contributed by atoms with E-state index in [1.54, 1.807) is 0 Å². The fraction of sp³-hybridized carbons (Fsp3) is 0.941. The van der Waals surface area contributed by atoms with Gasteiger partial charge < -0.3 is 14.2 Å². The highest BCUT2D eigenvalue weighted by molar-refractivity contribution is 5.71. The average molecular weight is 807 g/mol. The van der Waals surface area contributed by atoms with Crippen LogP contribution in [0.4, 0.5) is 0 Å². The molecule has 0 aliphatic carbocycles. The number of hydrogen-bond acceptors (Lipinski definition) is 6. The molecule has 0 N–H and O–H groups in total. The molecule has 0 bridgehead atoms. The maximum absolute atomic E-state index is 12.7. The number of ether oxygens (including phenoxy) is 3. The molecule has 0 radical (unpaired) electrons. The Morgan fingerprint density at radius 3 is 0.860 bits per heavy atom. The second kappa shape index (κ2) is 45.5. The van der Waals surface area contributed by atoms with Crippen molar-refractivity contribution in [1.82, 2.24) is 0 Å². The minimum atomic E-state index is -0.758. The van der Waals surface area contributed by atoms with Crippen LogP contribution < -0.4 is 0 Å². The van der Waals surface area contributed by atoms with Crippen molar-refractivity contribution in [3.05, 3.63) is 0 Å². The molecule has 0 saturated carbocycles. The van der Waals surface area contributed by atoms with Gasteiger partial charge in [-0.1, -0.05) is 246 Å². The molecule has 0 amide bonds. The number of carbonyl (C=O) groups excluding carboxylic acids is 3. The van der Waals surface area contributed by atoms with Gasteiger partial charge in [0.15, 0.2) is 6.10 Å². The van der Waals surface area contributed by atoms with Crippen molar-refractivity contribution in [2.24, 2.45) is 5.92 Å². The van der Waals surface area contributed by atoms with Gasteiger partial charge in [0.25, 0.3) is 0 Å². The first-order chi connectivity index (χ1) is 27.9. The minimum Gasteiger partial charge on any atom is -0.462 e. The number of esters is 3. The van der Waals surface area contributed by atoms with Crippen LogP contribution in [0, 0.1) is 5.92 Å². The maximum atomic E-state index is 12.7. The Labute approximate surface area is 355 Å². The normalized spacial score (nSPS) is 11.9. The van der Waals surface area contributed by atoms with Crippen LogP contribution in [-0.4, -0.2) is 37.2 Å². The lowest BCUT2D eigenvalue weighted by atomic mass is 10.0.